The van der Waals surface area contributed by atoms with E-state index in [2.05, 4.69) is 20.0 Å². The Kier molecular flexibility index (Phi) is 8.27. The zero-order valence-corrected chi connectivity index (χ0v) is 20.2. The minimum atomic E-state index is -4.91. The summed E-state index contributed by atoms with van der Waals surface area (Å²) >= 11 is 5.67. The fourth-order valence-electron chi connectivity index (χ4n) is 4.28. The van der Waals surface area contributed by atoms with Crippen LogP contribution in [0.3, 0.4) is 0 Å². The molecule has 1 heterocycles. The average molecular weight is 539 g/mol. The molecule has 3 rings (SSSR count). The summed E-state index contributed by atoms with van der Waals surface area (Å²) in [6, 6.07) is 3.95. The molecule has 0 bridgehead atoms. The first-order chi connectivity index (χ1) is 16.7. The van der Waals surface area contributed by atoms with Crippen LogP contribution in [-0.2, 0) is 10.3 Å². The number of anilines is 1. The molecule has 0 aliphatic heterocycles. The number of aryl methyl sites for hydroxylation is 1. The normalized spacial score (nSPS) is 18.7. The monoisotopic (exact) mass is 538 g/mol. The van der Waals surface area contributed by atoms with Crippen LogP contribution in [0, 0.1) is 6.92 Å². The number of benzene rings is 1. The second-order valence-electron chi connectivity index (χ2n) is 8.74. The second kappa shape index (κ2) is 10.7. The maximum atomic E-state index is 14.2. The number of nitrogens with zero attached hydrogens (tertiary/aromatic N) is 3. The number of hydrogen-bond acceptors (Lipinski definition) is 5. The topological polar surface area (TPSA) is 67.4 Å². The Labute approximate surface area is 209 Å². The quantitative estimate of drug-likeness (QED) is 0.348. The highest BCUT2D eigenvalue weighted by molar-refractivity contribution is 6.20. The van der Waals surface area contributed by atoms with Gasteiger partial charge < -0.3 is 15.0 Å². The van der Waals surface area contributed by atoms with Crippen molar-refractivity contribution in [1.29, 1.82) is 0 Å². The molecule has 1 saturated carbocycles. The lowest BCUT2D eigenvalue weighted by atomic mass is 9.86. The lowest BCUT2D eigenvalue weighted by Gasteiger charge is -2.43. The van der Waals surface area contributed by atoms with Crippen molar-refractivity contribution in [2.24, 2.45) is 0 Å². The summed E-state index contributed by atoms with van der Waals surface area (Å²) in [5, 5.41) is 2.78. The molecule has 0 saturated heterocycles. The first-order valence-corrected chi connectivity index (χ1v) is 11.5. The third kappa shape index (κ3) is 6.71. The van der Waals surface area contributed by atoms with Gasteiger partial charge in [0.1, 0.15) is 17.6 Å². The minimum absolute atomic E-state index is 0.0454. The number of ether oxygens (including phenoxy) is 1. The van der Waals surface area contributed by atoms with Gasteiger partial charge in [0.05, 0.1) is 6.54 Å². The van der Waals surface area contributed by atoms with Crippen LogP contribution in [-0.4, -0.2) is 46.4 Å². The van der Waals surface area contributed by atoms with Gasteiger partial charge in [-0.25, -0.2) is 23.1 Å². The maximum Gasteiger partial charge on any atom is 0.573 e. The lowest BCUT2D eigenvalue weighted by molar-refractivity contribution is -0.274. The van der Waals surface area contributed by atoms with Gasteiger partial charge in [0.15, 0.2) is 5.63 Å². The van der Waals surface area contributed by atoms with Gasteiger partial charge in [-0.15, -0.1) is 13.2 Å². The van der Waals surface area contributed by atoms with Gasteiger partial charge in [-0.2, -0.15) is 0 Å². The van der Waals surface area contributed by atoms with Gasteiger partial charge in [0, 0.05) is 42.0 Å². The first-order valence-electron chi connectivity index (χ1n) is 11.1. The van der Waals surface area contributed by atoms with E-state index in [-0.39, 0.29) is 36.9 Å². The predicted octanol–water partition coefficient (Wildman–Crippen LogP) is 5.63. The fraction of sp³-hybridized carbons (Fsp3) is 0.522. The van der Waals surface area contributed by atoms with Crippen molar-refractivity contribution in [2.75, 3.05) is 11.4 Å². The highest BCUT2D eigenvalue weighted by Crippen LogP contribution is 2.38. The number of hydrogen-bond donors (Lipinski definition) is 1. The zero-order valence-electron chi connectivity index (χ0n) is 19.5. The van der Waals surface area contributed by atoms with Crippen molar-refractivity contribution in [1.82, 2.24) is 15.3 Å². The molecule has 1 aromatic heterocycles. The van der Waals surface area contributed by atoms with Crippen LogP contribution in [0.1, 0.15) is 43.9 Å². The number of halogens is 7. The SMILES string of the molecule is Cc1ncncc1[C@](C)(C(=O)NC1CCC(F)(F)CC1)N(C[C@H](F)Cl)c1ccc(OC(F)(F)F)cc1. The van der Waals surface area contributed by atoms with E-state index in [0.717, 1.165) is 12.1 Å². The molecule has 198 valence electrons. The Morgan fingerprint density at radius 3 is 2.39 bits per heavy atom. The van der Waals surface area contributed by atoms with E-state index in [4.69, 9.17) is 11.6 Å². The number of aromatic nitrogens is 2. The molecule has 36 heavy (non-hydrogen) atoms. The van der Waals surface area contributed by atoms with Gasteiger partial charge in [-0.1, -0.05) is 11.6 Å². The third-order valence-electron chi connectivity index (χ3n) is 6.17. The number of amides is 1. The largest absolute Gasteiger partial charge is 0.573 e. The highest BCUT2D eigenvalue weighted by atomic mass is 35.5. The number of nitrogens with one attached hydrogen (secondary N) is 1. The van der Waals surface area contributed by atoms with E-state index in [1.807, 2.05) is 0 Å². The van der Waals surface area contributed by atoms with Crippen LogP contribution in [0.2, 0.25) is 0 Å². The van der Waals surface area contributed by atoms with Crippen molar-refractivity contribution in [3.05, 3.63) is 48.0 Å². The molecule has 0 radical (unpaired) electrons. The number of carbonyl (C=O) groups is 1. The fourth-order valence-corrected chi connectivity index (χ4v) is 4.42. The molecule has 6 nitrogen and oxygen atoms in total. The second-order valence-corrected chi connectivity index (χ2v) is 9.21. The number of rotatable bonds is 8. The minimum Gasteiger partial charge on any atom is -0.406 e. The van der Waals surface area contributed by atoms with Crippen LogP contribution in [0.15, 0.2) is 36.8 Å². The van der Waals surface area contributed by atoms with Crippen LogP contribution in [0.25, 0.3) is 0 Å². The zero-order chi connectivity index (χ0) is 26.7. The number of alkyl halides is 7. The van der Waals surface area contributed by atoms with Crippen molar-refractivity contribution >= 4 is 23.2 Å². The molecule has 0 unspecified atom stereocenters. The summed E-state index contributed by atoms with van der Waals surface area (Å²) in [7, 11) is 0. The Balaban J connectivity index is 2.02. The predicted molar refractivity (Wildman–Crippen MR) is 121 cm³/mol. The van der Waals surface area contributed by atoms with E-state index in [0.29, 0.717) is 5.69 Å². The van der Waals surface area contributed by atoms with E-state index in [1.165, 1.54) is 36.5 Å². The Morgan fingerprint density at radius 2 is 1.86 bits per heavy atom. The highest BCUT2D eigenvalue weighted by Gasteiger charge is 2.46. The van der Waals surface area contributed by atoms with Crippen LogP contribution in [0.5, 0.6) is 5.75 Å². The molecule has 1 aliphatic carbocycles. The molecule has 2 aromatic rings. The van der Waals surface area contributed by atoms with Crippen LogP contribution < -0.4 is 15.0 Å². The summed E-state index contributed by atoms with van der Waals surface area (Å²) < 4.78 is 83.1. The van der Waals surface area contributed by atoms with Crippen molar-refractivity contribution in [3.8, 4) is 5.75 Å². The van der Waals surface area contributed by atoms with Crippen LogP contribution in [0.4, 0.5) is 32.0 Å². The summed E-state index contributed by atoms with van der Waals surface area (Å²) in [5.74, 6) is -3.97. The van der Waals surface area contributed by atoms with Gasteiger partial charge >= 0.3 is 6.36 Å². The molecular weight excluding hydrogens is 514 g/mol. The van der Waals surface area contributed by atoms with Gasteiger partial charge in [-0.05, 0) is 51.0 Å². The Morgan fingerprint density at radius 1 is 1.25 bits per heavy atom. The van der Waals surface area contributed by atoms with E-state index < -0.39 is 47.7 Å². The van der Waals surface area contributed by atoms with Gasteiger partial charge in [-0.3, -0.25) is 4.79 Å². The summed E-state index contributed by atoms with van der Waals surface area (Å²) in [6.45, 7) is 2.53. The van der Waals surface area contributed by atoms with Crippen LogP contribution >= 0.6 is 11.6 Å². The van der Waals surface area contributed by atoms with E-state index >= 15 is 0 Å². The van der Waals surface area contributed by atoms with E-state index in [1.54, 1.807) is 6.92 Å². The molecule has 1 fully saturated rings. The summed E-state index contributed by atoms with van der Waals surface area (Å²) in [4.78, 5) is 23.1. The van der Waals surface area contributed by atoms with Crippen molar-refractivity contribution < 1.29 is 35.9 Å². The Hall–Kier alpha value is -2.76. The Bertz CT molecular complexity index is 1040. The first kappa shape index (κ1) is 27.8. The van der Waals surface area contributed by atoms with Crippen molar-refractivity contribution in [2.45, 2.75) is 69.0 Å². The third-order valence-corrected chi connectivity index (χ3v) is 6.31. The van der Waals surface area contributed by atoms with Gasteiger partial charge in [0.25, 0.3) is 5.91 Å². The average Bonchev–Trinajstić information content (AvgIpc) is 2.78. The molecule has 1 aromatic carbocycles. The molecule has 0 spiro atoms. The number of carbonyl (C=O) groups excluding carboxylic acids is 1. The smallest absolute Gasteiger partial charge is 0.406 e. The summed E-state index contributed by atoms with van der Waals surface area (Å²) in [5.41, 5.74) is -2.87. The molecule has 2 atom stereocenters. The molecule has 1 amide bonds. The molecule has 1 aliphatic rings. The maximum absolute atomic E-state index is 14.2. The standard InChI is InChI=1S/C23H25ClF6N4O2/c1-14-18(11-31-13-32-14)21(2,20(35)33-15-7-9-22(26,27)10-8-15)34(12-19(24)25)16-3-5-17(6-4-16)36-23(28,29)30/h3-6,11,13,15,19H,7-10,12H2,1-2H3,(H,33,35)/t19-,21+/m0/s1. The van der Waals surface area contributed by atoms with Gasteiger partial charge in [0.2, 0.25) is 5.92 Å². The molecular formula is C23H25ClF6N4O2. The molecule has 1 N–H and O–H groups in total. The molecule has 13 heteroatoms. The van der Waals surface area contributed by atoms with E-state index in [9.17, 15) is 31.1 Å². The summed E-state index contributed by atoms with van der Waals surface area (Å²) in [6.07, 6.45) is -2.97. The van der Waals surface area contributed by atoms with Crippen molar-refractivity contribution in [3.63, 3.8) is 0 Å². The lowest BCUT2D eigenvalue weighted by Crippen LogP contribution is -2.58.